The van der Waals surface area contributed by atoms with Crippen LogP contribution in [0, 0.1) is 0 Å². The fourth-order valence-electron chi connectivity index (χ4n) is 1.37. The number of sulfone groups is 1. The van der Waals surface area contributed by atoms with Crippen molar-refractivity contribution in [2.75, 3.05) is 13.1 Å². The van der Waals surface area contributed by atoms with Gasteiger partial charge in [0.2, 0.25) is 14.2 Å². The highest BCUT2D eigenvalue weighted by molar-refractivity contribution is 8.17. The molecule has 3 nitrogen and oxygen atoms in total. The molecule has 6 heteroatoms. The van der Waals surface area contributed by atoms with Gasteiger partial charge in [0.25, 0.3) is 0 Å². The number of thiocarbonyl (C=S) groups is 1. The van der Waals surface area contributed by atoms with Gasteiger partial charge in [-0.3, -0.25) is 0 Å². The summed E-state index contributed by atoms with van der Waals surface area (Å²) in [6, 6.07) is 6.01. The van der Waals surface area contributed by atoms with E-state index in [0.717, 1.165) is 0 Å². The predicted octanol–water partition coefficient (Wildman–Crippen LogP) is 2.74. The van der Waals surface area contributed by atoms with Crippen molar-refractivity contribution in [3.63, 3.8) is 0 Å². The van der Waals surface area contributed by atoms with Crippen LogP contribution in [0.1, 0.15) is 13.8 Å². The van der Waals surface area contributed by atoms with Gasteiger partial charge in [-0.1, -0.05) is 11.6 Å². The third-order valence-corrected chi connectivity index (χ3v) is 5.15. The molecule has 0 spiro atoms. The van der Waals surface area contributed by atoms with E-state index in [1.165, 1.54) is 12.1 Å². The van der Waals surface area contributed by atoms with Gasteiger partial charge in [0.15, 0.2) is 0 Å². The lowest BCUT2D eigenvalue weighted by atomic mass is 10.4. The molecule has 94 valence electrons. The third kappa shape index (κ3) is 3.18. The van der Waals surface area contributed by atoms with Crippen LogP contribution >= 0.6 is 23.8 Å². The van der Waals surface area contributed by atoms with Crippen LogP contribution in [0.2, 0.25) is 5.02 Å². The fraction of sp³-hybridized carbons (Fsp3) is 0.364. The molecule has 0 atom stereocenters. The largest absolute Gasteiger partial charge is 0.354 e. The summed E-state index contributed by atoms with van der Waals surface area (Å²) < 4.78 is 24.3. The van der Waals surface area contributed by atoms with Gasteiger partial charge in [-0.15, -0.1) is 0 Å². The first-order valence-corrected chi connectivity index (χ1v) is 7.50. The Labute approximate surface area is 112 Å². The van der Waals surface area contributed by atoms with E-state index in [9.17, 15) is 8.42 Å². The maximum atomic E-state index is 12.2. The van der Waals surface area contributed by atoms with Crippen LogP contribution in [0.5, 0.6) is 0 Å². The molecule has 0 aliphatic rings. The van der Waals surface area contributed by atoms with Gasteiger partial charge >= 0.3 is 0 Å². The van der Waals surface area contributed by atoms with Crippen LogP contribution in [-0.4, -0.2) is 30.7 Å². The first-order chi connectivity index (χ1) is 7.93. The zero-order valence-electron chi connectivity index (χ0n) is 9.68. The highest BCUT2D eigenvalue weighted by atomic mass is 35.5. The molecule has 1 aromatic carbocycles. The van der Waals surface area contributed by atoms with E-state index in [0.29, 0.717) is 18.1 Å². The van der Waals surface area contributed by atoms with Crippen molar-refractivity contribution < 1.29 is 8.42 Å². The Balaban J connectivity index is 3.11. The lowest BCUT2D eigenvalue weighted by Crippen LogP contribution is -2.34. The van der Waals surface area contributed by atoms with E-state index in [1.807, 2.05) is 13.8 Å². The Bertz CT molecular complexity index is 493. The maximum absolute atomic E-state index is 12.2. The zero-order chi connectivity index (χ0) is 13.1. The molecule has 0 saturated heterocycles. The average molecular weight is 292 g/mol. The highest BCUT2D eigenvalue weighted by Crippen LogP contribution is 2.18. The molecule has 0 radical (unpaired) electrons. The molecule has 0 amide bonds. The molecule has 1 aromatic rings. The molecule has 0 heterocycles. The minimum absolute atomic E-state index is 0.0372. The summed E-state index contributed by atoms with van der Waals surface area (Å²) in [5.41, 5.74) is 0. The van der Waals surface area contributed by atoms with Gasteiger partial charge in [0.1, 0.15) is 0 Å². The molecular formula is C11H14ClNO2S2. The molecule has 0 saturated carbocycles. The lowest BCUT2D eigenvalue weighted by molar-refractivity contribution is 0.476. The molecule has 0 bridgehead atoms. The van der Waals surface area contributed by atoms with Crippen LogP contribution in [0.15, 0.2) is 29.2 Å². The predicted molar refractivity (Wildman–Crippen MR) is 74.2 cm³/mol. The Morgan fingerprint density at radius 2 is 1.71 bits per heavy atom. The van der Waals surface area contributed by atoms with E-state index in [2.05, 4.69) is 0 Å². The summed E-state index contributed by atoms with van der Waals surface area (Å²) in [4.78, 5) is 1.82. The first kappa shape index (κ1) is 14.4. The molecule has 17 heavy (non-hydrogen) atoms. The van der Waals surface area contributed by atoms with Crippen molar-refractivity contribution in [1.82, 2.24) is 4.90 Å². The van der Waals surface area contributed by atoms with E-state index < -0.39 is 9.84 Å². The van der Waals surface area contributed by atoms with Crippen LogP contribution < -0.4 is 0 Å². The van der Waals surface area contributed by atoms with Crippen molar-refractivity contribution >= 4 is 38.0 Å². The summed E-state index contributed by atoms with van der Waals surface area (Å²) in [6.07, 6.45) is 0. The van der Waals surface area contributed by atoms with Gasteiger partial charge in [-0.2, -0.15) is 0 Å². The number of hydrogen-bond donors (Lipinski definition) is 0. The average Bonchev–Trinajstić information content (AvgIpc) is 2.31. The highest BCUT2D eigenvalue weighted by Gasteiger charge is 2.24. The second-order valence-electron chi connectivity index (χ2n) is 3.40. The van der Waals surface area contributed by atoms with Gasteiger partial charge < -0.3 is 4.90 Å². The van der Waals surface area contributed by atoms with Crippen molar-refractivity contribution in [3.05, 3.63) is 29.3 Å². The van der Waals surface area contributed by atoms with Crippen LogP contribution in [0.3, 0.4) is 0 Å². The topological polar surface area (TPSA) is 37.4 Å². The number of hydrogen-bond acceptors (Lipinski definition) is 3. The van der Waals surface area contributed by atoms with E-state index in [1.54, 1.807) is 17.0 Å². The number of nitrogens with zero attached hydrogens (tertiary/aromatic N) is 1. The van der Waals surface area contributed by atoms with Crippen LogP contribution in [0.25, 0.3) is 0 Å². The van der Waals surface area contributed by atoms with Gasteiger partial charge in [-0.05, 0) is 50.3 Å². The summed E-state index contributed by atoms with van der Waals surface area (Å²) >= 11 is 10.8. The molecule has 0 unspecified atom stereocenters. The van der Waals surface area contributed by atoms with E-state index in [4.69, 9.17) is 23.8 Å². The zero-order valence-corrected chi connectivity index (χ0v) is 12.1. The van der Waals surface area contributed by atoms with Gasteiger partial charge in [-0.25, -0.2) is 8.42 Å². The lowest BCUT2D eigenvalue weighted by Gasteiger charge is -2.21. The quantitative estimate of drug-likeness (QED) is 0.803. The second kappa shape index (κ2) is 5.80. The van der Waals surface area contributed by atoms with Crippen LogP contribution in [-0.2, 0) is 9.84 Å². The van der Waals surface area contributed by atoms with Crippen molar-refractivity contribution in [2.24, 2.45) is 0 Å². The van der Waals surface area contributed by atoms with Crippen molar-refractivity contribution in [1.29, 1.82) is 0 Å². The smallest absolute Gasteiger partial charge is 0.232 e. The minimum atomic E-state index is -3.58. The third-order valence-electron chi connectivity index (χ3n) is 2.38. The minimum Gasteiger partial charge on any atom is -0.354 e. The molecule has 1 rings (SSSR count). The Morgan fingerprint density at radius 1 is 1.24 bits per heavy atom. The number of halogens is 1. The molecule has 0 fully saturated rings. The maximum Gasteiger partial charge on any atom is 0.232 e. The first-order valence-electron chi connectivity index (χ1n) is 5.23. The SMILES string of the molecule is CCN(CC)C(=S)S(=O)(=O)c1ccc(Cl)cc1. The molecule has 0 aliphatic carbocycles. The second-order valence-corrected chi connectivity index (χ2v) is 6.34. The molecule has 0 aromatic heterocycles. The summed E-state index contributed by atoms with van der Waals surface area (Å²) in [7, 11) is -3.58. The Hall–Kier alpha value is -0.650. The number of rotatable bonds is 3. The van der Waals surface area contributed by atoms with Gasteiger partial charge in [0.05, 0.1) is 4.90 Å². The Morgan fingerprint density at radius 3 is 2.12 bits per heavy atom. The summed E-state index contributed by atoms with van der Waals surface area (Å²) in [5, 5.41) is 0.498. The monoisotopic (exact) mass is 291 g/mol. The number of benzene rings is 1. The van der Waals surface area contributed by atoms with Crippen molar-refractivity contribution in [3.8, 4) is 0 Å². The summed E-state index contributed by atoms with van der Waals surface area (Å²) in [5.74, 6) is 0. The Kier molecular flexibility index (Phi) is 4.91. The molecule has 0 aliphatic heterocycles. The normalized spacial score (nSPS) is 11.2. The summed E-state index contributed by atoms with van der Waals surface area (Å²) in [6.45, 7) is 4.88. The van der Waals surface area contributed by atoms with Crippen molar-refractivity contribution in [2.45, 2.75) is 18.7 Å². The van der Waals surface area contributed by atoms with Gasteiger partial charge in [0, 0.05) is 18.1 Å². The van der Waals surface area contributed by atoms with Crippen LogP contribution in [0.4, 0.5) is 0 Å². The molecular weight excluding hydrogens is 278 g/mol. The molecule has 0 N–H and O–H groups in total. The fourth-order valence-corrected chi connectivity index (χ4v) is 3.33. The van der Waals surface area contributed by atoms with E-state index >= 15 is 0 Å². The van der Waals surface area contributed by atoms with E-state index in [-0.39, 0.29) is 9.22 Å². The standard InChI is InChI=1S/C11H14ClNO2S2/c1-3-13(4-2)11(16)17(14,15)10-7-5-9(12)6-8-10/h5-8H,3-4H2,1-2H3.